The Hall–Kier alpha value is -4.58. The Balaban J connectivity index is 0.000000197. The predicted molar refractivity (Wildman–Crippen MR) is 171 cm³/mol. The molecule has 5 rings (SSSR count). The van der Waals surface area contributed by atoms with Crippen LogP contribution in [0.3, 0.4) is 0 Å². The van der Waals surface area contributed by atoms with Gasteiger partial charge in [0.25, 0.3) is 0 Å². The summed E-state index contributed by atoms with van der Waals surface area (Å²) in [6, 6.07) is 31.2. The Morgan fingerprint density at radius 1 is 0.714 bits per heavy atom. The van der Waals surface area contributed by atoms with Crippen LogP contribution in [0, 0.1) is 26.2 Å². The van der Waals surface area contributed by atoms with Crippen LogP contribution in [0.2, 0.25) is 0 Å². The van der Waals surface area contributed by atoms with Gasteiger partial charge in [-0.05, 0) is 45.9 Å². The second kappa shape index (κ2) is 15.4. The molecule has 0 N–H and O–H groups in total. The maximum absolute atomic E-state index is 9.37. The standard InChI is InChI=1S/C18H14N2O2S.C15H12INO2/c1-21-16-9-14(11-19)15(18-20-7-8-23-18)10-17(16)22-12-13-5-3-2-4-6-13;1-18-14-7-12(9-17)13(16)8-15(14)19-10-11-5-3-2-4-6-11/h2-10H,12H2,1H3;2-8H,10H2,1H3. The molecule has 0 aliphatic heterocycles. The van der Waals surface area contributed by atoms with Gasteiger partial charge in [-0.25, -0.2) is 4.98 Å². The fourth-order valence-corrected chi connectivity index (χ4v) is 5.05. The molecule has 0 unspecified atom stereocenters. The third-order valence-corrected chi connectivity index (χ3v) is 7.63. The molecule has 5 aromatic rings. The quantitative estimate of drug-likeness (QED) is 0.145. The highest BCUT2D eigenvalue weighted by Gasteiger charge is 2.15. The molecule has 4 aromatic carbocycles. The van der Waals surface area contributed by atoms with Crippen LogP contribution in [0.25, 0.3) is 10.6 Å². The van der Waals surface area contributed by atoms with Gasteiger partial charge in [0.1, 0.15) is 30.4 Å². The Morgan fingerprint density at radius 3 is 1.71 bits per heavy atom. The maximum Gasteiger partial charge on any atom is 0.162 e. The number of aromatic nitrogens is 1. The van der Waals surface area contributed by atoms with Crippen molar-refractivity contribution in [2.45, 2.75) is 13.2 Å². The van der Waals surface area contributed by atoms with E-state index in [2.05, 4.69) is 39.7 Å². The summed E-state index contributed by atoms with van der Waals surface area (Å²) in [6.07, 6.45) is 1.72. The molecule has 0 saturated heterocycles. The van der Waals surface area contributed by atoms with Crippen LogP contribution in [0.5, 0.6) is 23.0 Å². The van der Waals surface area contributed by atoms with Crippen molar-refractivity contribution in [1.82, 2.24) is 4.98 Å². The first-order valence-corrected chi connectivity index (χ1v) is 14.6. The van der Waals surface area contributed by atoms with Crippen LogP contribution in [-0.4, -0.2) is 19.2 Å². The molecule has 0 aliphatic rings. The number of benzene rings is 4. The maximum atomic E-state index is 9.37. The number of methoxy groups -OCH3 is 2. The number of hydrogen-bond donors (Lipinski definition) is 0. The number of ether oxygens (including phenoxy) is 4. The number of hydrogen-bond acceptors (Lipinski definition) is 8. The minimum Gasteiger partial charge on any atom is -0.493 e. The van der Waals surface area contributed by atoms with Crippen molar-refractivity contribution in [3.8, 4) is 45.7 Å². The lowest BCUT2D eigenvalue weighted by atomic mass is 10.1. The molecule has 0 fully saturated rings. The van der Waals surface area contributed by atoms with Gasteiger partial charge >= 0.3 is 0 Å². The van der Waals surface area contributed by atoms with Crippen LogP contribution in [0.4, 0.5) is 0 Å². The highest BCUT2D eigenvalue weighted by molar-refractivity contribution is 14.1. The van der Waals surface area contributed by atoms with Crippen LogP contribution >= 0.6 is 33.9 Å². The van der Waals surface area contributed by atoms with Crippen molar-refractivity contribution in [2.24, 2.45) is 0 Å². The first-order chi connectivity index (χ1) is 20.6. The van der Waals surface area contributed by atoms with Crippen molar-refractivity contribution in [3.63, 3.8) is 0 Å². The third-order valence-electron chi connectivity index (χ3n) is 5.94. The van der Waals surface area contributed by atoms with Crippen molar-refractivity contribution in [2.75, 3.05) is 14.2 Å². The summed E-state index contributed by atoms with van der Waals surface area (Å²) in [6.45, 7) is 0.902. The summed E-state index contributed by atoms with van der Waals surface area (Å²) in [7, 11) is 3.13. The fraction of sp³-hybridized carbons (Fsp3) is 0.121. The summed E-state index contributed by atoms with van der Waals surface area (Å²) in [4.78, 5) is 4.28. The fourth-order valence-electron chi connectivity index (χ4n) is 3.82. The zero-order chi connectivity index (χ0) is 29.7. The molecule has 1 heterocycles. The molecule has 0 aliphatic carbocycles. The number of halogens is 1. The summed E-state index contributed by atoms with van der Waals surface area (Å²) >= 11 is 3.60. The minimum atomic E-state index is 0.431. The molecule has 0 spiro atoms. The highest BCUT2D eigenvalue weighted by atomic mass is 127. The van der Waals surface area contributed by atoms with Crippen molar-refractivity contribution < 1.29 is 18.9 Å². The normalized spacial score (nSPS) is 9.93. The average Bonchev–Trinajstić information content (AvgIpc) is 3.59. The van der Waals surface area contributed by atoms with Gasteiger partial charge in [0.15, 0.2) is 23.0 Å². The van der Waals surface area contributed by atoms with Crippen LogP contribution in [0.15, 0.2) is 96.5 Å². The second-order valence-corrected chi connectivity index (χ2v) is 10.7. The van der Waals surface area contributed by atoms with E-state index in [0.29, 0.717) is 47.3 Å². The zero-order valence-corrected chi connectivity index (χ0v) is 25.9. The van der Waals surface area contributed by atoms with Crippen LogP contribution in [-0.2, 0) is 13.2 Å². The number of nitriles is 2. The average molecular weight is 688 g/mol. The van der Waals surface area contributed by atoms with E-state index in [-0.39, 0.29) is 0 Å². The molecule has 0 atom stereocenters. The largest absolute Gasteiger partial charge is 0.493 e. The molecule has 0 bridgehead atoms. The lowest BCUT2D eigenvalue weighted by molar-refractivity contribution is 0.284. The van der Waals surface area contributed by atoms with Gasteiger partial charge in [-0.1, -0.05) is 60.7 Å². The molecule has 0 saturated carbocycles. The Kier molecular flexibility index (Phi) is 11.2. The van der Waals surface area contributed by atoms with Gasteiger partial charge in [-0.3, -0.25) is 0 Å². The molecule has 1 aromatic heterocycles. The van der Waals surface area contributed by atoms with Gasteiger partial charge in [0, 0.05) is 32.8 Å². The Bertz CT molecular complexity index is 1680. The number of thiazole rings is 1. The predicted octanol–water partition coefficient (Wildman–Crippen LogP) is 8.02. The lowest BCUT2D eigenvalue weighted by Gasteiger charge is -2.13. The van der Waals surface area contributed by atoms with E-state index in [1.54, 1.807) is 32.5 Å². The smallest absolute Gasteiger partial charge is 0.162 e. The van der Waals surface area contributed by atoms with Crippen molar-refractivity contribution in [1.29, 1.82) is 10.5 Å². The summed E-state index contributed by atoms with van der Waals surface area (Å²) < 4.78 is 23.1. The molecule has 9 heteroatoms. The monoisotopic (exact) mass is 687 g/mol. The molecular formula is C33H26IN3O4S. The first kappa shape index (κ1) is 30.4. The van der Waals surface area contributed by atoms with Crippen LogP contribution in [0.1, 0.15) is 22.3 Å². The van der Waals surface area contributed by atoms with E-state index in [0.717, 1.165) is 25.3 Å². The van der Waals surface area contributed by atoms with Gasteiger partial charge in [-0.15, -0.1) is 11.3 Å². The molecule has 7 nitrogen and oxygen atoms in total. The molecule has 42 heavy (non-hydrogen) atoms. The summed E-state index contributed by atoms with van der Waals surface area (Å²) in [5.41, 5.74) is 4.01. The van der Waals surface area contributed by atoms with Crippen molar-refractivity contribution in [3.05, 3.63) is 122 Å². The Morgan fingerprint density at radius 2 is 1.24 bits per heavy atom. The van der Waals surface area contributed by atoms with Gasteiger partial charge < -0.3 is 18.9 Å². The van der Waals surface area contributed by atoms with Gasteiger partial charge in [-0.2, -0.15) is 10.5 Å². The van der Waals surface area contributed by atoms with E-state index < -0.39 is 0 Å². The third kappa shape index (κ3) is 8.00. The molecular weight excluding hydrogens is 661 g/mol. The van der Waals surface area contributed by atoms with E-state index in [9.17, 15) is 5.26 Å². The van der Waals surface area contributed by atoms with Gasteiger partial charge in [0.05, 0.1) is 25.3 Å². The molecule has 0 amide bonds. The summed E-state index contributed by atoms with van der Waals surface area (Å²) in [5.74, 6) is 2.36. The van der Waals surface area contributed by atoms with E-state index in [1.807, 2.05) is 78.2 Å². The second-order valence-electron chi connectivity index (χ2n) is 8.64. The highest BCUT2D eigenvalue weighted by Crippen LogP contribution is 2.37. The topological polar surface area (TPSA) is 97.4 Å². The minimum absolute atomic E-state index is 0.431. The summed E-state index contributed by atoms with van der Waals surface area (Å²) in [5, 5.41) is 21.0. The van der Waals surface area contributed by atoms with E-state index in [1.165, 1.54) is 11.3 Å². The first-order valence-electron chi connectivity index (χ1n) is 12.7. The van der Waals surface area contributed by atoms with Gasteiger partial charge in [0.2, 0.25) is 0 Å². The number of rotatable bonds is 9. The SMILES string of the molecule is COc1cc(C#N)c(-c2nccs2)cc1OCc1ccccc1.COc1cc(C#N)c(I)cc1OCc1ccccc1. The van der Waals surface area contributed by atoms with Crippen LogP contribution < -0.4 is 18.9 Å². The molecule has 0 radical (unpaired) electrons. The Labute approximate surface area is 262 Å². The lowest BCUT2D eigenvalue weighted by Crippen LogP contribution is -1.99. The number of nitrogens with zero attached hydrogens (tertiary/aromatic N) is 3. The van der Waals surface area contributed by atoms with E-state index >= 15 is 0 Å². The van der Waals surface area contributed by atoms with E-state index in [4.69, 9.17) is 24.2 Å². The zero-order valence-electron chi connectivity index (χ0n) is 22.9. The molecule has 210 valence electrons. The van der Waals surface area contributed by atoms with Crippen molar-refractivity contribution >= 4 is 33.9 Å².